The van der Waals surface area contributed by atoms with Gasteiger partial charge in [-0.1, -0.05) is 6.07 Å². The van der Waals surface area contributed by atoms with Gasteiger partial charge < -0.3 is 15.0 Å². The van der Waals surface area contributed by atoms with E-state index in [0.29, 0.717) is 6.42 Å². The lowest BCUT2D eigenvalue weighted by Gasteiger charge is -2.23. The molecule has 2 heterocycles. The Morgan fingerprint density at radius 1 is 1.40 bits per heavy atom. The van der Waals surface area contributed by atoms with Gasteiger partial charge in [0.2, 0.25) is 5.91 Å². The minimum absolute atomic E-state index is 0.0367. The Bertz CT molecular complexity index is 605. The van der Waals surface area contributed by atoms with Gasteiger partial charge in [-0.15, -0.1) is 0 Å². The SMILES string of the molecule is O=C(CCc1ccc2[nH]ccc2c1)N1CCC[C@H]1CO. The number of hydrogen-bond acceptors (Lipinski definition) is 2. The van der Waals surface area contributed by atoms with Crippen LogP contribution in [0.25, 0.3) is 10.9 Å². The fourth-order valence-corrected chi connectivity index (χ4v) is 3.01. The van der Waals surface area contributed by atoms with Gasteiger partial charge in [0.15, 0.2) is 0 Å². The highest BCUT2D eigenvalue weighted by molar-refractivity contribution is 5.80. The monoisotopic (exact) mass is 272 g/mol. The van der Waals surface area contributed by atoms with Crippen molar-refractivity contribution in [3.63, 3.8) is 0 Å². The summed E-state index contributed by atoms with van der Waals surface area (Å²) in [7, 11) is 0. The lowest BCUT2D eigenvalue weighted by Crippen LogP contribution is -2.37. The first-order chi connectivity index (χ1) is 9.78. The molecule has 1 saturated heterocycles. The molecular weight excluding hydrogens is 252 g/mol. The number of aliphatic hydroxyl groups is 1. The third kappa shape index (κ3) is 2.56. The smallest absolute Gasteiger partial charge is 0.223 e. The van der Waals surface area contributed by atoms with Gasteiger partial charge in [0.05, 0.1) is 12.6 Å². The first-order valence-corrected chi connectivity index (χ1v) is 7.24. The number of aromatic amines is 1. The van der Waals surface area contributed by atoms with E-state index in [1.807, 2.05) is 17.2 Å². The molecular formula is C16H20N2O2. The Labute approximate surface area is 118 Å². The Hall–Kier alpha value is -1.81. The largest absolute Gasteiger partial charge is 0.394 e. The molecule has 0 bridgehead atoms. The molecule has 20 heavy (non-hydrogen) atoms. The van der Waals surface area contributed by atoms with Gasteiger partial charge in [0.1, 0.15) is 0 Å². The average molecular weight is 272 g/mol. The van der Waals surface area contributed by atoms with Crippen molar-refractivity contribution < 1.29 is 9.90 Å². The lowest BCUT2D eigenvalue weighted by atomic mass is 10.1. The van der Waals surface area contributed by atoms with Crippen LogP contribution in [0.1, 0.15) is 24.8 Å². The topological polar surface area (TPSA) is 56.3 Å². The van der Waals surface area contributed by atoms with Crippen molar-refractivity contribution in [1.29, 1.82) is 0 Å². The number of likely N-dealkylation sites (tertiary alicyclic amines) is 1. The summed E-state index contributed by atoms with van der Waals surface area (Å²) in [5, 5.41) is 10.5. The maximum atomic E-state index is 12.2. The minimum Gasteiger partial charge on any atom is -0.394 e. The molecule has 0 unspecified atom stereocenters. The van der Waals surface area contributed by atoms with Gasteiger partial charge in [-0.05, 0) is 48.4 Å². The summed E-state index contributed by atoms with van der Waals surface area (Å²) in [6.45, 7) is 0.877. The summed E-state index contributed by atoms with van der Waals surface area (Å²) in [6, 6.07) is 8.34. The van der Waals surface area contributed by atoms with Crippen molar-refractivity contribution in [2.75, 3.05) is 13.2 Å². The summed E-state index contributed by atoms with van der Waals surface area (Å²) in [6.07, 6.45) is 5.14. The van der Waals surface area contributed by atoms with Crippen LogP contribution in [0.5, 0.6) is 0 Å². The second-order valence-corrected chi connectivity index (χ2v) is 5.47. The molecule has 0 aliphatic carbocycles. The van der Waals surface area contributed by atoms with Crippen molar-refractivity contribution in [3.8, 4) is 0 Å². The van der Waals surface area contributed by atoms with Crippen molar-refractivity contribution in [2.24, 2.45) is 0 Å². The van der Waals surface area contributed by atoms with Gasteiger partial charge >= 0.3 is 0 Å². The van der Waals surface area contributed by atoms with Crippen LogP contribution < -0.4 is 0 Å². The fourth-order valence-electron chi connectivity index (χ4n) is 3.01. The number of aryl methyl sites for hydroxylation is 1. The molecule has 1 aromatic heterocycles. The number of carbonyl (C=O) groups excluding carboxylic acids is 1. The molecule has 1 amide bonds. The molecule has 1 fully saturated rings. The van der Waals surface area contributed by atoms with Crippen LogP contribution in [0.3, 0.4) is 0 Å². The first-order valence-electron chi connectivity index (χ1n) is 7.24. The molecule has 1 aliphatic rings. The van der Waals surface area contributed by atoms with E-state index in [1.54, 1.807) is 0 Å². The summed E-state index contributed by atoms with van der Waals surface area (Å²) in [5.74, 6) is 0.163. The minimum atomic E-state index is 0.0367. The zero-order chi connectivity index (χ0) is 13.9. The maximum absolute atomic E-state index is 12.2. The van der Waals surface area contributed by atoms with E-state index in [2.05, 4.69) is 23.2 Å². The number of carbonyl (C=O) groups is 1. The van der Waals surface area contributed by atoms with Crippen molar-refractivity contribution in [3.05, 3.63) is 36.0 Å². The van der Waals surface area contributed by atoms with Crippen LogP contribution in [0.4, 0.5) is 0 Å². The number of aromatic nitrogens is 1. The second-order valence-electron chi connectivity index (χ2n) is 5.47. The molecule has 0 radical (unpaired) electrons. The van der Waals surface area contributed by atoms with Crippen LogP contribution in [0.15, 0.2) is 30.5 Å². The van der Waals surface area contributed by atoms with Gasteiger partial charge in [-0.3, -0.25) is 4.79 Å². The number of rotatable bonds is 4. The standard InChI is InChI=1S/C16H20N2O2/c19-11-14-2-1-9-18(14)16(20)6-4-12-3-5-15-13(10-12)7-8-17-15/h3,5,7-8,10,14,17,19H,1-2,4,6,9,11H2/t14-/m0/s1. The van der Waals surface area contributed by atoms with Crippen molar-refractivity contribution in [1.82, 2.24) is 9.88 Å². The summed E-state index contributed by atoms with van der Waals surface area (Å²) < 4.78 is 0. The Balaban J connectivity index is 1.62. The third-order valence-electron chi connectivity index (χ3n) is 4.15. The van der Waals surface area contributed by atoms with Crippen molar-refractivity contribution in [2.45, 2.75) is 31.7 Å². The number of amides is 1. The van der Waals surface area contributed by atoms with E-state index in [-0.39, 0.29) is 18.6 Å². The molecule has 106 valence electrons. The molecule has 2 aromatic rings. The molecule has 0 spiro atoms. The van der Waals surface area contributed by atoms with Crippen LogP contribution in [-0.2, 0) is 11.2 Å². The van der Waals surface area contributed by atoms with E-state index in [9.17, 15) is 9.90 Å². The molecule has 4 heteroatoms. The average Bonchev–Trinajstić information content (AvgIpc) is 3.12. The number of hydrogen-bond donors (Lipinski definition) is 2. The molecule has 0 saturated carbocycles. The van der Waals surface area contributed by atoms with Crippen LogP contribution >= 0.6 is 0 Å². The number of benzene rings is 1. The Morgan fingerprint density at radius 3 is 3.15 bits per heavy atom. The predicted octanol–water partition coefficient (Wildman–Crippen LogP) is 2.08. The number of H-pyrrole nitrogens is 1. The van der Waals surface area contributed by atoms with Gasteiger partial charge in [-0.25, -0.2) is 0 Å². The molecule has 4 nitrogen and oxygen atoms in total. The summed E-state index contributed by atoms with van der Waals surface area (Å²) in [4.78, 5) is 17.2. The van der Waals surface area contributed by atoms with Crippen LogP contribution in [-0.4, -0.2) is 40.1 Å². The number of aliphatic hydroxyl groups excluding tert-OH is 1. The number of fused-ring (bicyclic) bond motifs is 1. The van der Waals surface area contributed by atoms with E-state index in [0.717, 1.165) is 31.3 Å². The van der Waals surface area contributed by atoms with Gasteiger partial charge in [-0.2, -0.15) is 0 Å². The molecule has 1 aromatic carbocycles. The van der Waals surface area contributed by atoms with Gasteiger partial charge in [0, 0.05) is 24.7 Å². The molecule has 1 atom stereocenters. The second kappa shape index (κ2) is 5.67. The Morgan fingerprint density at radius 2 is 2.30 bits per heavy atom. The molecule has 3 rings (SSSR count). The fraction of sp³-hybridized carbons (Fsp3) is 0.438. The quantitative estimate of drug-likeness (QED) is 0.895. The lowest BCUT2D eigenvalue weighted by molar-refractivity contribution is -0.132. The normalized spacial score (nSPS) is 18.9. The Kier molecular flexibility index (Phi) is 3.74. The zero-order valence-electron chi connectivity index (χ0n) is 11.5. The molecule has 1 aliphatic heterocycles. The van der Waals surface area contributed by atoms with E-state index < -0.39 is 0 Å². The number of nitrogens with one attached hydrogen (secondary N) is 1. The first kappa shape index (κ1) is 13.2. The highest BCUT2D eigenvalue weighted by Crippen LogP contribution is 2.19. The van der Waals surface area contributed by atoms with Crippen molar-refractivity contribution >= 4 is 16.8 Å². The highest BCUT2D eigenvalue weighted by Gasteiger charge is 2.27. The predicted molar refractivity (Wildman–Crippen MR) is 78.4 cm³/mol. The van der Waals surface area contributed by atoms with Crippen LogP contribution in [0, 0.1) is 0 Å². The van der Waals surface area contributed by atoms with Crippen LogP contribution in [0.2, 0.25) is 0 Å². The molecule has 2 N–H and O–H groups in total. The van der Waals surface area contributed by atoms with E-state index >= 15 is 0 Å². The summed E-state index contributed by atoms with van der Waals surface area (Å²) in [5.41, 5.74) is 2.31. The van der Waals surface area contributed by atoms with E-state index in [4.69, 9.17) is 0 Å². The zero-order valence-corrected chi connectivity index (χ0v) is 11.5. The maximum Gasteiger partial charge on any atom is 0.223 e. The number of nitrogens with zero attached hydrogens (tertiary/aromatic N) is 1. The third-order valence-corrected chi connectivity index (χ3v) is 4.15. The van der Waals surface area contributed by atoms with Gasteiger partial charge in [0.25, 0.3) is 0 Å². The summed E-state index contributed by atoms with van der Waals surface area (Å²) >= 11 is 0. The van der Waals surface area contributed by atoms with E-state index in [1.165, 1.54) is 10.9 Å². The highest BCUT2D eigenvalue weighted by atomic mass is 16.3.